The van der Waals surface area contributed by atoms with Crippen LogP contribution < -0.4 is 0 Å². The van der Waals surface area contributed by atoms with Gasteiger partial charge in [-0.1, -0.05) is 29.4 Å². The van der Waals surface area contributed by atoms with Crippen LogP contribution in [0.25, 0.3) is 0 Å². The molecule has 0 fully saturated rings. The van der Waals surface area contributed by atoms with Crippen molar-refractivity contribution in [3.05, 3.63) is 52.9 Å². The molecule has 6 heteroatoms. The Bertz CT molecular complexity index is 578. The van der Waals surface area contributed by atoms with Crippen LogP contribution in [0.2, 0.25) is 5.02 Å². The molecule has 92 valence electrons. The molecule has 0 radical (unpaired) electrons. The number of nitrogens with zero attached hydrogens (tertiary/aromatic N) is 2. The van der Waals surface area contributed by atoms with Crippen LogP contribution in [0.15, 0.2) is 41.6 Å². The number of carboxylic acid groups (broad SMARTS) is 1. The molecule has 0 spiro atoms. The van der Waals surface area contributed by atoms with E-state index in [2.05, 4.69) is 9.97 Å². The minimum Gasteiger partial charge on any atom is -0.477 e. The molecule has 1 N–H and O–H groups in total. The molecule has 0 aromatic carbocycles. The van der Waals surface area contributed by atoms with Gasteiger partial charge in [-0.25, -0.2) is 14.8 Å². The first-order chi connectivity index (χ1) is 8.66. The summed E-state index contributed by atoms with van der Waals surface area (Å²) in [6.07, 6.45) is 1.66. The first-order valence-electron chi connectivity index (χ1n) is 5.09. The number of halogens is 1. The van der Waals surface area contributed by atoms with Gasteiger partial charge < -0.3 is 5.11 Å². The van der Waals surface area contributed by atoms with E-state index in [1.165, 1.54) is 17.8 Å². The third-order valence-electron chi connectivity index (χ3n) is 2.11. The van der Waals surface area contributed by atoms with Crippen molar-refractivity contribution >= 4 is 29.3 Å². The van der Waals surface area contributed by atoms with Crippen molar-refractivity contribution < 1.29 is 9.90 Å². The van der Waals surface area contributed by atoms with Gasteiger partial charge in [0.1, 0.15) is 10.7 Å². The lowest BCUT2D eigenvalue weighted by Crippen LogP contribution is -2.01. The van der Waals surface area contributed by atoms with Crippen LogP contribution in [0.4, 0.5) is 0 Å². The normalized spacial score (nSPS) is 10.3. The highest BCUT2D eigenvalue weighted by Crippen LogP contribution is 2.26. The fraction of sp³-hybridized carbons (Fsp3) is 0.0833. The maximum Gasteiger partial charge on any atom is 0.354 e. The maximum absolute atomic E-state index is 10.8. The summed E-state index contributed by atoms with van der Waals surface area (Å²) in [7, 11) is 0. The number of hydrogen-bond acceptors (Lipinski definition) is 4. The lowest BCUT2D eigenvalue weighted by atomic mass is 10.3. The van der Waals surface area contributed by atoms with E-state index in [0.29, 0.717) is 21.5 Å². The van der Waals surface area contributed by atoms with E-state index in [1.807, 2.05) is 0 Å². The molecule has 0 aliphatic rings. The van der Waals surface area contributed by atoms with Crippen LogP contribution >= 0.6 is 23.4 Å². The van der Waals surface area contributed by atoms with Crippen molar-refractivity contribution in [2.45, 2.75) is 10.8 Å². The third-order valence-corrected chi connectivity index (χ3v) is 3.56. The third kappa shape index (κ3) is 3.21. The first kappa shape index (κ1) is 12.9. The molecule has 0 aliphatic carbocycles. The van der Waals surface area contributed by atoms with Crippen LogP contribution in [-0.2, 0) is 5.75 Å². The summed E-state index contributed by atoms with van der Waals surface area (Å²) in [4.78, 5) is 18.9. The summed E-state index contributed by atoms with van der Waals surface area (Å²) >= 11 is 7.40. The van der Waals surface area contributed by atoms with Gasteiger partial charge in [-0.15, -0.1) is 0 Å². The zero-order valence-electron chi connectivity index (χ0n) is 9.21. The molecule has 0 saturated heterocycles. The molecular weight excluding hydrogens is 272 g/mol. The molecule has 0 bridgehead atoms. The van der Waals surface area contributed by atoms with E-state index in [0.717, 1.165) is 0 Å². The van der Waals surface area contributed by atoms with Gasteiger partial charge in [-0.2, -0.15) is 0 Å². The summed E-state index contributed by atoms with van der Waals surface area (Å²) in [5.41, 5.74) is 0.724. The average Bonchev–Trinajstić information content (AvgIpc) is 2.38. The molecule has 0 saturated carbocycles. The molecule has 0 atom stereocenters. The van der Waals surface area contributed by atoms with E-state index in [4.69, 9.17) is 16.7 Å². The smallest absolute Gasteiger partial charge is 0.354 e. The number of carbonyl (C=O) groups is 1. The summed E-state index contributed by atoms with van der Waals surface area (Å²) in [5.74, 6) is -0.504. The number of hydrogen-bond donors (Lipinski definition) is 1. The van der Waals surface area contributed by atoms with E-state index < -0.39 is 5.97 Å². The van der Waals surface area contributed by atoms with E-state index in [1.54, 1.807) is 30.5 Å². The second kappa shape index (κ2) is 5.84. The van der Waals surface area contributed by atoms with Gasteiger partial charge in [0.05, 0.1) is 10.7 Å². The Hall–Kier alpha value is -1.59. The number of aromatic carboxylic acids is 1. The Morgan fingerprint density at radius 2 is 2.17 bits per heavy atom. The topological polar surface area (TPSA) is 63.1 Å². The second-order valence-electron chi connectivity index (χ2n) is 3.40. The Balaban J connectivity index is 2.09. The lowest BCUT2D eigenvalue weighted by molar-refractivity contribution is 0.0690. The standard InChI is InChI=1S/C12H9ClN2O2S/c13-9-4-2-6-14-11(9)18-7-8-3-1-5-10(15-8)12(16)17/h1-6H,7H2,(H,16,17). The average molecular weight is 281 g/mol. The molecule has 2 heterocycles. The zero-order valence-corrected chi connectivity index (χ0v) is 10.8. The minimum atomic E-state index is -1.03. The zero-order chi connectivity index (χ0) is 13.0. The van der Waals surface area contributed by atoms with Crippen LogP contribution in [0.5, 0.6) is 0 Å². The van der Waals surface area contributed by atoms with Gasteiger partial charge in [0.25, 0.3) is 0 Å². The van der Waals surface area contributed by atoms with Gasteiger partial charge in [0.2, 0.25) is 0 Å². The van der Waals surface area contributed by atoms with Crippen LogP contribution in [0.3, 0.4) is 0 Å². The highest BCUT2D eigenvalue weighted by Gasteiger charge is 2.07. The molecule has 2 rings (SSSR count). The highest BCUT2D eigenvalue weighted by molar-refractivity contribution is 7.98. The molecular formula is C12H9ClN2O2S. The molecule has 2 aromatic heterocycles. The maximum atomic E-state index is 10.8. The van der Waals surface area contributed by atoms with Gasteiger partial charge in [-0.05, 0) is 24.3 Å². The van der Waals surface area contributed by atoms with Crippen molar-refractivity contribution in [3.8, 4) is 0 Å². The van der Waals surface area contributed by atoms with Gasteiger partial charge in [-0.3, -0.25) is 0 Å². The van der Waals surface area contributed by atoms with E-state index in [-0.39, 0.29) is 5.69 Å². The second-order valence-corrected chi connectivity index (χ2v) is 4.77. The molecule has 0 unspecified atom stereocenters. The summed E-state index contributed by atoms with van der Waals surface area (Å²) < 4.78 is 0. The fourth-order valence-corrected chi connectivity index (χ4v) is 2.37. The fourth-order valence-electron chi connectivity index (χ4n) is 1.30. The summed E-state index contributed by atoms with van der Waals surface area (Å²) in [6, 6.07) is 8.43. The number of thioether (sulfide) groups is 1. The molecule has 2 aromatic rings. The number of pyridine rings is 2. The minimum absolute atomic E-state index is 0.0419. The molecule has 0 aliphatic heterocycles. The SMILES string of the molecule is O=C(O)c1cccc(CSc2ncccc2Cl)n1. The van der Waals surface area contributed by atoms with Crippen molar-refractivity contribution in [2.24, 2.45) is 0 Å². The van der Waals surface area contributed by atoms with E-state index in [9.17, 15) is 4.79 Å². The summed E-state index contributed by atoms with van der Waals surface area (Å²) in [5, 5.41) is 10.1. The molecule has 4 nitrogen and oxygen atoms in total. The van der Waals surface area contributed by atoms with Crippen LogP contribution in [0.1, 0.15) is 16.2 Å². The molecule has 18 heavy (non-hydrogen) atoms. The van der Waals surface area contributed by atoms with Crippen molar-refractivity contribution in [1.29, 1.82) is 0 Å². The quantitative estimate of drug-likeness (QED) is 0.872. The molecule has 0 amide bonds. The van der Waals surface area contributed by atoms with Crippen LogP contribution in [-0.4, -0.2) is 21.0 Å². The Kier molecular flexibility index (Phi) is 4.17. The number of rotatable bonds is 4. The lowest BCUT2D eigenvalue weighted by Gasteiger charge is -2.03. The Morgan fingerprint density at radius 1 is 1.33 bits per heavy atom. The number of carboxylic acids is 1. The highest BCUT2D eigenvalue weighted by atomic mass is 35.5. The van der Waals surface area contributed by atoms with Crippen LogP contribution in [0, 0.1) is 0 Å². The summed E-state index contributed by atoms with van der Waals surface area (Å²) in [6.45, 7) is 0. The van der Waals surface area contributed by atoms with Gasteiger partial charge >= 0.3 is 5.97 Å². The van der Waals surface area contributed by atoms with Crippen molar-refractivity contribution in [1.82, 2.24) is 9.97 Å². The first-order valence-corrected chi connectivity index (χ1v) is 6.46. The van der Waals surface area contributed by atoms with Gasteiger partial charge in [0, 0.05) is 11.9 Å². The van der Waals surface area contributed by atoms with Gasteiger partial charge in [0.15, 0.2) is 0 Å². The van der Waals surface area contributed by atoms with Crippen molar-refractivity contribution in [3.63, 3.8) is 0 Å². The Morgan fingerprint density at radius 3 is 2.89 bits per heavy atom. The predicted octanol–water partition coefficient (Wildman–Crippen LogP) is 3.12. The Labute approximate surface area is 113 Å². The predicted molar refractivity (Wildman–Crippen MR) is 70.0 cm³/mol. The van der Waals surface area contributed by atoms with Crippen molar-refractivity contribution in [2.75, 3.05) is 0 Å². The van der Waals surface area contributed by atoms with E-state index >= 15 is 0 Å². The largest absolute Gasteiger partial charge is 0.477 e. The monoisotopic (exact) mass is 280 g/mol. The number of aromatic nitrogens is 2.